The van der Waals surface area contributed by atoms with Gasteiger partial charge in [-0.25, -0.2) is 0 Å². The Morgan fingerprint density at radius 1 is 1.12 bits per heavy atom. The third-order valence-corrected chi connectivity index (χ3v) is 5.73. The normalized spacial score (nSPS) is 11.4. The molecule has 3 rings (SSSR count). The molecule has 0 spiro atoms. The number of aliphatic imine (C=N–C) groups is 1. The van der Waals surface area contributed by atoms with Crippen molar-refractivity contribution >= 4 is 34.4 Å². The lowest BCUT2D eigenvalue weighted by Gasteiger charge is -2.13. The van der Waals surface area contributed by atoms with E-state index in [4.69, 9.17) is 16.3 Å². The molecule has 4 heteroatoms. The third kappa shape index (κ3) is 8.81. The average molecular weight is 469 g/mol. The molecule has 2 aromatic carbocycles. The summed E-state index contributed by atoms with van der Waals surface area (Å²) >= 11 is 5.95. The summed E-state index contributed by atoms with van der Waals surface area (Å²) in [6.45, 7) is 14.7. The van der Waals surface area contributed by atoms with E-state index in [0.717, 1.165) is 51.7 Å². The van der Waals surface area contributed by atoms with E-state index in [-0.39, 0.29) is 0 Å². The Hall–Kier alpha value is -2.39. The van der Waals surface area contributed by atoms with Gasteiger partial charge < -0.3 is 4.74 Å². The van der Waals surface area contributed by atoms with Crippen LogP contribution in [0.5, 0.6) is 5.75 Å². The molecule has 1 unspecified atom stereocenters. The van der Waals surface area contributed by atoms with Crippen LogP contribution >= 0.6 is 11.6 Å². The number of methoxy groups -OCH3 is 1. The van der Waals surface area contributed by atoms with Gasteiger partial charge in [0.25, 0.3) is 0 Å². The Morgan fingerprint density at radius 3 is 2.45 bits per heavy atom. The second-order valence-electron chi connectivity index (χ2n) is 7.93. The summed E-state index contributed by atoms with van der Waals surface area (Å²) < 4.78 is 5.48. The van der Waals surface area contributed by atoms with Gasteiger partial charge in [0.15, 0.2) is 0 Å². The fourth-order valence-electron chi connectivity index (χ4n) is 3.48. The number of pyridine rings is 1. The summed E-state index contributed by atoms with van der Waals surface area (Å²) in [6.07, 6.45) is 8.21. The van der Waals surface area contributed by atoms with Gasteiger partial charge in [0.05, 0.1) is 24.5 Å². The zero-order valence-corrected chi connectivity index (χ0v) is 22.5. The maximum atomic E-state index is 5.95. The molecule has 0 N–H and O–H groups in total. The molecule has 3 aromatic rings. The number of aryl methyl sites for hydroxylation is 2. The Bertz CT molecular complexity index is 1010. The minimum absolute atomic E-state index is 0.727. The fraction of sp³-hybridized carbons (Fsp3) is 0.448. The lowest BCUT2D eigenvalue weighted by molar-refractivity contribution is 0.404. The predicted molar refractivity (Wildman–Crippen MR) is 147 cm³/mol. The van der Waals surface area contributed by atoms with E-state index in [1.54, 1.807) is 19.5 Å². The number of hydrogen-bond donors (Lipinski definition) is 0. The first kappa shape index (κ1) is 28.6. The van der Waals surface area contributed by atoms with Crippen molar-refractivity contribution in [1.82, 2.24) is 4.98 Å². The number of halogens is 1. The molecule has 0 aliphatic rings. The summed E-state index contributed by atoms with van der Waals surface area (Å²) in [5, 5.41) is 1.79. The minimum Gasteiger partial charge on any atom is -0.496 e. The highest BCUT2D eigenvalue weighted by atomic mass is 35.5. The quantitative estimate of drug-likeness (QED) is 0.324. The molecule has 0 aliphatic heterocycles. The lowest BCUT2D eigenvalue weighted by atomic mass is 9.96. The monoisotopic (exact) mass is 468 g/mol. The zero-order valence-electron chi connectivity index (χ0n) is 21.7. The van der Waals surface area contributed by atoms with Gasteiger partial charge in [-0.05, 0) is 73.6 Å². The maximum absolute atomic E-state index is 5.95. The Balaban J connectivity index is 0.000000307. The van der Waals surface area contributed by atoms with E-state index in [0.29, 0.717) is 0 Å². The van der Waals surface area contributed by atoms with E-state index in [1.165, 1.54) is 24.0 Å². The molecule has 0 aliphatic carbocycles. The van der Waals surface area contributed by atoms with Crippen LogP contribution in [0.2, 0.25) is 5.02 Å². The van der Waals surface area contributed by atoms with Crippen molar-refractivity contribution in [2.45, 2.75) is 74.1 Å². The van der Waals surface area contributed by atoms with E-state index in [9.17, 15) is 0 Å². The van der Waals surface area contributed by atoms with Crippen LogP contribution < -0.4 is 4.74 Å². The first-order valence-corrected chi connectivity index (χ1v) is 12.5. The molecule has 0 bridgehead atoms. The van der Waals surface area contributed by atoms with Gasteiger partial charge in [0.1, 0.15) is 5.75 Å². The van der Waals surface area contributed by atoms with Crippen molar-refractivity contribution < 1.29 is 4.74 Å². The largest absolute Gasteiger partial charge is 0.496 e. The van der Waals surface area contributed by atoms with Crippen LogP contribution in [0.15, 0.2) is 47.6 Å². The highest BCUT2D eigenvalue weighted by Gasteiger charge is 2.08. The Labute approximate surface area is 206 Å². The molecule has 1 atom stereocenters. The second kappa shape index (κ2) is 15.4. The average Bonchev–Trinajstić information content (AvgIpc) is 2.84. The van der Waals surface area contributed by atoms with E-state index in [1.807, 2.05) is 45.9 Å². The molecule has 1 aromatic heterocycles. The van der Waals surface area contributed by atoms with E-state index >= 15 is 0 Å². The number of nitrogens with zero attached hydrogens (tertiary/aromatic N) is 2. The highest BCUT2D eigenvalue weighted by molar-refractivity contribution is 6.31. The van der Waals surface area contributed by atoms with Crippen LogP contribution in [0.4, 0.5) is 5.69 Å². The SMILES string of the molecule is CC.CC=Nc1cnc2ccc(Cl)cc2c1C.CCCc1ccc(CC(C)CC)c(OC)c1. The van der Waals surface area contributed by atoms with Crippen molar-refractivity contribution in [2.75, 3.05) is 7.11 Å². The van der Waals surface area contributed by atoms with Crippen LogP contribution in [0, 0.1) is 12.8 Å². The van der Waals surface area contributed by atoms with Crippen LogP contribution in [0.25, 0.3) is 10.9 Å². The number of ether oxygens (including phenoxy) is 1. The van der Waals surface area contributed by atoms with Gasteiger partial charge in [0.2, 0.25) is 0 Å². The van der Waals surface area contributed by atoms with Gasteiger partial charge in [-0.3, -0.25) is 9.98 Å². The summed E-state index contributed by atoms with van der Waals surface area (Å²) in [5.41, 5.74) is 5.68. The molecule has 0 amide bonds. The molecule has 0 radical (unpaired) electrons. The Morgan fingerprint density at radius 2 is 1.85 bits per heavy atom. The van der Waals surface area contributed by atoms with Crippen molar-refractivity contribution in [1.29, 1.82) is 0 Å². The van der Waals surface area contributed by atoms with Gasteiger partial charge in [0, 0.05) is 16.6 Å². The predicted octanol–water partition coefficient (Wildman–Crippen LogP) is 9.18. The molecule has 0 saturated carbocycles. The van der Waals surface area contributed by atoms with E-state index < -0.39 is 0 Å². The van der Waals surface area contributed by atoms with Gasteiger partial charge in [-0.15, -0.1) is 0 Å². The van der Waals surface area contributed by atoms with Gasteiger partial charge in [-0.1, -0.05) is 71.2 Å². The van der Waals surface area contributed by atoms with Crippen molar-refractivity contribution in [3.63, 3.8) is 0 Å². The molecule has 180 valence electrons. The molecular weight excluding hydrogens is 428 g/mol. The molecule has 3 nitrogen and oxygen atoms in total. The lowest BCUT2D eigenvalue weighted by Crippen LogP contribution is -2.01. The second-order valence-corrected chi connectivity index (χ2v) is 8.37. The molecule has 0 saturated heterocycles. The van der Waals surface area contributed by atoms with Crippen molar-refractivity contribution in [3.8, 4) is 5.75 Å². The van der Waals surface area contributed by atoms with Gasteiger partial charge in [-0.2, -0.15) is 0 Å². The first-order valence-electron chi connectivity index (χ1n) is 12.1. The summed E-state index contributed by atoms with van der Waals surface area (Å²) in [6, 6.07) is 12.4. The van der Waals surface area contributed by atoms with Crippen LogP contribution in [-0.2, 0) is 12.8 Å². The third-order valence-electron chi connectivity index (χ3n) is 5.50. The topological polar surface area (TPSA) is 34.5 Å². The number of aromatic nitrogens is 1. The number of fused-ring (bicyclic) bond motifs is 1. The summed E-state index contributed by atoms with van der Waals surface area (Å²) in [4.78, 5) is 8.58. The first-order chi connectivity index (χ1) is 15.9. The number of hydrogen-bond acceptors (Lipinski definition) is 3. The maximum Gasteiger partial charge on any atom is 0.122 e. The molecular formula is C29H41ClN2O. The summed E-state index contributed by atoms with van der Waals surface area (Å²) in [7, 11) is 1.77. The van der Waals surface area contributed by atoms with Crippen LogP contribution in [0.3, 0.4) is 0 Å². The van der Waals surface area contributed by atoms with Crippen molar-refractivity contribution in [2.24, 2.45) is 10.9 Å². The highest BCUT2D eigenvalue weighted by Crippen LogP contribution is 2.27. The van der Waals surface area contributed by atoms with Crippen molar-refractivity contribution in [3.05, 3.63) is 64.3 Å². The molecule has 0 fully saturated rings. The fourth-order valence-corrected chi connectivity index (χ4v) is 3.65. The Kier molecular flexibility index (Phi) is 13.4. The van der Waals surface area contributed by atoms with Crippen LogP contribution in [-0.4, -0.2) is 18.3 Å². The summed E-state index contributed by atoms with van der Waals surface area (Å²) in [5.74, 6) is 1.79. The standard InChI is InChI=1S/C15H24O.C12H11ClN2.C2H6/c1-5-7-13-8-9-14(10-12(3)6-2)15(11-13)16-4;1-3-14-12-7-15-11-5-4-9(13)6-10(11)8(12)2;1-2/h8-9,11-12H,5-7,10H2,1-4H3;3-7H,1-2H3;1-2H3. The number of benzene rings is 2. The molecule has 1 heterocycles. The minimum atomic E-state index is 0.727. The van der Waals surface area contributed by atoms with E-state index in [2.05, 4.69) is 48.9 Å². The molecule has 33 heavy (non-hydrogen) atoms. The van der Waals surface area contributed by atoms with Crippen LogP contribution in [0.1, 0.15) is 71.1 Å². The van der Waals surface area contributed by atoms with Gasteiger partial charge >= 0.3 is 0 Å². The smallest absolute Gasteiger partial charge is 0.122 e. The number of rotatable bonds is 7. The zero-order chi connectivity index (χ0) is 24.8.